The first-order valence-electron chi connectivity index (χ1n) is 5.65. The summed E-state index contributed by atoms with van der Waals surface area (Å²) in [4.78, 5) is 0. The third kappa shape index (κ3) is 1.60. The molecule has 0 amide bonds. The summed E-state index contributed by atoms with van der Waals surface area (Å²) in [6.45, 7) is 0. The molecule has 0 atom stereocenters. The van der Waals surface area contributed by atoms with Gasteiger partial charge in [-0.3, -0.25) is 0 Å². The van der Waals surface area contributed by atoms with Gasteiger partial charge in [0, 0.05) is 5.56 Å². The van der Waals surface area contributed by atoms with Crippen LogP contribution in [0.15, 0.2) is 12.1 Å². The van der Waals surface area contributed by atoms with E-state index in [-0.39, 0.29) is 6.07 Å². The predicted molar refractivity (Wildman–Crippen MR) is 57.2 cm³/mol. The monoisotopic (exact) mass is 336 g/mol. The number of fused-ring (bicyclic) bond motifs is 1. The van der Waals surface area contributed by atoms with Crippen LogP contribution in [0.4, 0.5) is 35.1 Å². The van der Waals surface area contributed by atoms with Crippen LogP contribution in [0, 0.1) is 0 Å². The number of rotatable bonds is 2. The van der Waals surface area contributed by atoms with Crippen LogP contribution in [0.5, 0.6) is 11.5 Å². The summed E-state index contributed by atoms with van der Waals surface area (Å²) in [5.41, 5.74) is -3.96. The van der Waals surface area contributed by atoms with Gasteiger partial charge in [0.15, 0.2) is 11.5 Å². The lowest BCUT2D eigenvalue weighted by atomic mass is 9.79. The van der Waals surface area contributed by atoms with Crippen molar-refractivity contribution in [2.24, 2.45) is 0 Å². The Labute approximate surface area is 118 Å². The average molecular weight is 336 g/mol. The second-order valence-corrected chi connectivity index (χ2v) is 4.52. The molecule has 0 N–H and O–H groups in total. The van der Waals surface area contributed by atoms with Crippen LogP contribution in [0.2, 0.25) is 0 Å². The van der Waals surface area contributed by atoms with E-state index >= 15 is 0 Å². The highest BCUT2D eigenvalue weighted by Crippen LogP contribution is 2.66. The number of alkyl halides is 8. The SMILES string of the molecule is COc1ccc2c(c1OC)C(F)(F)C(F)(F)C(F)(F)C2(F)F. The van der Waals surface area contributed by atoms with Gasteiger partial charge in [0.2, 0.25) is 0 Å². The molecule has 0 bridgehead atoms. The summed E-state index contributed by atoms with van der Waals surface area (Å²) < 4.78 is 118. The molecule has 0 spiro atoms. The van der Waals surface area contributed by atoms with Gasteiger partial charge in [-0.25, -0.2) is 0 Å². The molecule has 1 aliphatic rings. The highest BCUT2D eigenvalue weighted by Gasteiger charge is 2.85. The van der Waals surface area contributed by atoms with Crippen molar-refractivity contribution >= 4 is 0 Å². The van der Waals surface area contributed by atoms with Gasteiger partial charge >= 0.3 is 23.7 Å². The van der Waals surface area contributed by atoms with Crippen LogP contribution in [-0.4, -0.2) is 26.1 Å². The summed E-state index contributed by atoms with van der Waals surface area (Å²) in [5, 5.41) is 0. The van der Waals surface area contributed by atoms with E-state index < -0.39 is 46.3 Å². The molecule has 0 unspecified atom stereocenters. The molecule has 124 valence electrons. The lowest BCUT2D eigenvalue weighted by molar-refractivity contribution is -0.386. The molecule has 0 aromatic heterocycles. The van der Waals surface area contributed by atoms with Crippen molar-refractivity contribution in [2.45, 2.75) is 23.7 Å². The minimum absolute atomic E-state index is 0.188. The van der Waals surface area contributed by atoms with E-state index in [1.165, 1.54) is 0 Å². The molecule has 0 saturated carbocycles. The normalized spacial score (nSPS) is 23.5. The van der Waals surface area contributed by atoms with Gasteiger partial charge in [-0.15, -0.1) is 0 Å². The number of hydrogen-bond donors (Lipinski definition) is 0. The zero-order valence-electron chi connectivity index (χ0n) is 11.0. The Balaban J connectivity index is 2.97. The molecule has 0 heterocycles. The van der Waals surface area contributed by atoms with Gasteiger partial charge in [0.05, 0.1) is 19.8 Å². The Hall–Kier alpha value is -1.74. The van der Waals surface area contributed by atoms with E-state index in [1.807, 2.05) is 0 Å². The van der Waals surface area contributed by atoms with E-state index in [2.05, 4.69) is 9.47 Å². The van der Waals surface area contributed by atoms with Crippen molar-refractivity contribution in [3.05, 3.63) is 23.3 Å². The molecule has 2 rings (SSSR count). The van der Waals surface area contributed by atoms with E-state index in [0.717, 1.165) is 14.2 Å². The van der Waals surface area contributed by atoms with Crippen LogP contribution in [-0.2, 0) is 11.8 Å². The maximum absolute atomic E-state index is 13.9. The number of benzene rings is 1. The van der Waals surface area contributed by atoms with Crippen molar-refractivity contribution in [3.63, 3.8) is 0 Å². The largest absolute Gasteiger partial charge is 0.493 e. The third-order valence-electron chi connectivity index (χ3n) is 3.38. The van der Waals surface area contributed by atoms with Gasteiger partial charge in [-0.1, -0.05) is 0 Å². The summed E-state index contributed by atoms with van der Waals surface area (Å²) in [7, 11) is 1.67. The quantitative estimate of drug-likeness (QED) is 0.755. The van der Waals surface area contributed by atoms with Crippen LogP contribution >= 0.6 is 0 Å². The maximum Gasteiger partial charge on any atom is 0.383 e. The molecular weight excluding hydrogens is 328 g/mol. The highest BCUT2D eigenvalue weighted by molar-refractivity contribution is 5.57. The molecule has 0 radical (unpaired) electrons. The molecule has 22 heavy (non-hydrogen) atoms. The first-order chi connectivity index (χ1) is 9.87. The zero-order chi connectivity index (χ0) is 17.1. The van der Waals surface area contributed by atoms with Gasteiger partial charge in [-0.05, 0) is 12.1 Å². The smallest absolute Gasteiger partial charge is 0.383 e. The first kappa shape index (κ1) is 16.6. The topological polar surface area (TPSA) is 18.5 Å². The fraction of sp³-hybridized carbons (Fsp3) is 0.500. The zero-order valence-corrected chi connectivity index (χ0v) is 11.0. The van der Waals surface area contributed by atoms with Crippen molar-refractivity contribution in [3.8, 4) is 11.5 Å². The van der Waals surface area contributed by atoms with Crippen molar-refractivity contribution in [1.29, 1.82) is 0 Å². The molecule has 0 fully saturated rings. The second kappa shape index (κ2) is 4.39. The van der Waals surface area contributed by atoms with Crippen LogP contribution in [0.25, 0.3) is 0 Å². The Kier molecular flexibility index (Phi) is 3.32. The molecule has 0 aliphatic heterocycles. The number of methoxy groups -OCH3 is 2. The number of halogens is 8. The predicted octanol–water partition coefficient (Wildman–Crippen LogP) is 4.17. The fourth-order valence-electron chi connectivity index (χ4n) is 2.22. The molecule has 2 nitrogen and oxygen atoms in total. The second-order valence-electron chi connectivity index (χ2n) is 4.52. The minimum Gasteiger partial charge on any atom is -0.493 e. The Bertz CT molecular complexity index is 611. The van der Waals surface area contributed by atoms with Crippen molar-refractivity contribution in [1.82, 2.24) is 0 Å². The molecule has 1 aromatic carbocycles. The molecule has 10 heteroatoms. The van der Waals surface area contributed by atoms with E-state index in [4.69, 9.17) is 0 Å². The summed E-state index contributed by atoms with van der Waals surface area (Å²) in [6, 6.07) is 0.842. The lowest BCUT2D eigenvalue weighted by Crippen LogP contribution is -2.63. The van der Waals surface area contributed by atoms with Crippen molar-refractivity contribution < 1.29 is 44.6 Å². The van der Waals surface area contributed by atoms with E-state index in [0.29, 0.717) is 6.07 Å². The maximum atomic E-state index is 13.9. The highest BCUT2D eigenvalue weighted by atomic mass is 19.4. The molecular formula is C12H8F8O2. The third-order valence-corrected chi connectivity index (χ3v) is 3.38. The van der Waals surface area contributed by atoms with Gasteiger partial charge in [-0.2, -0.15) is 35.1 Å². The molecule has 0 saturated heterocycles. The first-order valence-corrected chi connectivity index (χ1v) is 5.65. The summed E-state index contributed by atoms with van der Waals surface area (Å²) in [6.07, 6.45) is 0. The minimum atomic E-state index is -6.32. The van der Waals surface area contributed by atoms with E-state index in [1.54, 1.807) is 0 Å². The molecule has 1 aromatic rings. The van der Waals surface area contributed by atoms with Crippen molar-refractivity contribution in [2.75, 3.05) is 14.2 Å². The van der Waals surface area contributed by atoms with E-state index in [9.17, 15) is 35.1 Å². The lowest BCUT2D eigenvalue weighted by Gasteiger charge is -2.43. The number of hydrogen-bond acceptors (Lipinski definition) is 2. The molecule has 1 aliphatic carbocycles. The standard InChI is InChI=1S/C12H8F8O2/c1-21-6-4-3-5-7(8(6)22-2)10(15,16)12(19,20)11(17,18)9(5,13)14/h3-4H,1-2H3. The van der Waals surface area contributed by atoms with Crippen LogP contribution < -0.4 is 9.47 Å². The summed E-state index contributed by atoms with van der Waals surface area (Å²) in [5.74, 6) is -25.4. The average Bonchev–Trinajstić information content (AvgIpc) is 2.43. The Morgan fingerprint density at radius 2 is 1.23 bits per heavy atom. The van der Waals surface area contributed by atoms with Crippen LogP contribution in [0.1, 0.15) is 11.1 Å². The fourth-order valence-corrected chi connectivity index (χ4v) is 2.22. The Morgan fingerprint density at radius 1 is 0.727 bits per heavy atom. The van der Waals surface area contributed by atoms with Gasteiger partial charge < -0.3 is 9.47 Å². The Morgan fingerprint density at radius 3 is 1.68 bits per heavy atom. The van der Waals surface area contributed by atoms with Gasteiger partial charge in [0.1, 0.15) is 0 Å². The summed E-state index contributed by atoms with van der Waals surface area (Å²) >= 11 is 0. The van der Waals surface area contributed by atoms with Crippen LogP contribution in [0.3, 0.4) is 0 Å². The van der Waals surface area contributed by atoms with Gasteiger partial charge in [0.25, 0.3) is 0 Å². The number of ether oxygens (including phenoxy) is 2.